The van der Waals surface area contributed by atoms with E-state index in [0.717, 1.165) is 26.5 Å². The first-order valence-electron chi connectivity index (χ1n) is 6.80. The molecule has 4 rings (SSSR count). The molecule has 4 aromatic rings. The monoisotopic (exact) mass is 367 g/mol. The summed E-state index contributed by atoms with van der Waals surface area (Å²) in [5.74, 6) is 0.322. The topological polar surface area (TPSA) is 91.7 Å². The van der Waals surface area contributed by atoms with Gasteiger partial charge in [0.05, 0.1) is 6.21 Å². The van der Waals surface area contributed by atoms with Crippen molar-refractivity contribution in [2.24, 2.45) is 5.10 Å². The first kappa shape index (κ1) is 13.8. The van der Waals surface area contributed by atoms with Gasteiger partial charge in [-0.3, -0.25) is 4.98 Å². The van der Waals surface area contributed by atoms with Crippen LogP contribution in [0.4, 0.5) is 5.95 Å². The Kier molecular flexibility index (Phi) is 3.43. The average Bonchev–Trinajstić information content (AvgIpc) is 2.93. The third-order valence-electron chi connectivity index (χ3n) is 3.24. The van der Waals surface area contributed by atoms with Crippen LogP contribution in [0.2, 0.25) is 0 Å². The Balaban J connectivity index is 1.64. The van der Waals surface area contributed by atoms with Crippen LogP contribution in [0, 0.1) is 0 Å². The maximum absolute atomic E-state index is 4.39. The lowest BCUT2D eigenvalue weighted by Gasteiger charge is -1.97. The van der Waals surface area contributed by atoms with Crippen molar-refractivity contribution in [2.75, 3.05) is 5.43 Å². The molecule has 3 heterocycles. The normalized spacial score (nSPS) is 11.5. The van der Waals surface area contributed by atoms with E-state index in [9.17, 15) is 0 Å². The highest BCUT2D eigenvalue weighted by Gasteiger charge is 2.09. The van der Waals surface area contributed by atoms with Gasteiger partial charge in [0.2, 0.25) is 0 Å². The number of aromatic amines is 1. The van der Waals surface area contributed by atoms with Crippen LogP contribution < -0.4 is 5.43 Å². The van der Waals surface area contributed by atoms with Gasteiger partial charge in [0.15, 0.2) is 5.65 Å². The zero-order chi connectivity index (χ0) is 15.6. The lowest BCUT2D eigenvalue weighted by atomic mass is 10.2. The Bertz CT molecular complexity index is 1010. The predicted octanol–water partition coefficient (Wildman–Crippen LogP) is 3.11. The fourth-order valence-corrected chi connectivity index (χ4v) is 2.57. The molecule has 0 atom stereocenters. The SMILES string of the molecule is Brc1ccc2[nH]c3nc(N/N=C/c4cccnc4)nnc3c2c1. The van der Waals surface area contributed by atoms with Gasteiger partial charge in [-0.25, -0.2) is 5.43 Å². The van der Waals surface area contributed by atoms with Gasteiger partial charge in [-0.15, -0.1) is 10.2 Å². The molecule has 0 fully saturated rings. The summed E-state index contributed by atoms with van der Waals surface area (Å²) >= 11 is 3.45. The van der Waals surface area contributed by atoms with Crippen molar-refractivity contribution in [1.29, 1.82) is 0 Å². The fraction of sp³-hybridized carbons (Fsp3) is 0. The second-order valence-electron chi connectivity index (χ2n) is 4.80. The fourth-order valence-electron chi connectivity index (χ4n) is 2.21. The number of pyridine rings is 1. The minimum absolute atomic E-state index is 0.322. The first-order chi connectivity index (χ1) is 11.3. The molecular formula is C15H10BrN7. The number of fused-ring (bicyclic) bond motifs is 3. The van der Waals surface area contributed by atoms with E-state index in [1.54, 1.807) is 18.6 Å². The molecule has 0 saturated heterocycles. The standard InChI is InChI=1S/C15H10BrN7/c16-10-3-4-12-11(6-10)13-14(19-12)20-15(23-21-13)22-18-8-9-2-1-5-17-7-9/h1-8H,(H2,19,20,22,23)/b18-8+. The van der Waals surface area contributed by atoms with Crippen LogP contribution >= 0.6 is 15.9 Å². The summed E-state index contributed by atoms with van der Waals surface area (Å²) in [4.78, 5) is 11.6. The number of aromatic nitrogens is 5. The molecule has 8 heteroatoms. The molecule has 0 aliphatic rings. The van der Waals surface area contributed by atoms with Gasteiger partial charge in [0.1, 0.15) is 5.52 Å². The Morgan fingerprint density at radius 2 is 2.17 bits per heavy atom. The number of hydrazone groups is 1. The van der Waals surface area contributed by atoms with Crippen LogP contribution in [0.15, 0.2) is 52.3 Å². The van der Waals surface area contributed by atoms with Crippen molar-refractivity contribution >= 4 is 50.2 Å². The van der Waals surface area contributed by atoms with Crippen LogP contribution in [0.25, 0.3) is 22.1 Å². The second-order valence-corrected chi connectivity index (χ2v) is 5.72. The van der Waals surface area contributed by atoms with Gasteiger partial charge in [-0.1, -0.05) is 22.0 Å². The van der Waals surface area contributed by atoms with E-state index in [-0.39, 0.29) is 0 Å². The van der Waals surface area contributed by atoms with Crippen molar-refractivity contribution in [3.8, 4) is 0 Å². The predicted molar refractivity (Wildman–Crippen MR) is 92.3 cm³/mol. The largest absolute Gasteiger partial charge is 0.338 e. The van der Waals surface area contributed by atoms with E-state index in [1.807, 2.05) is 30.3 Å². The van der Waals surface area contributed by atoms with Gasteiger partial charge in [0.25, 0.3) is 5.95 Å². The third kappa shape index (κ3) is 2.76. The van der Waals surface area contributed by atoms with Crippen LogP contribution in [0.5, 0.6) is 0 Å². The highest BCUT2D eigenvalue weighted by atomic mass is 79.9. The Labute approximate surface area is 139 Å². The molecule has 3 aromatic heterocycles. The Morgan fingerprint density at radius 1 is 1.22 bits per heavy atom. The molecule has 0 saturated carbocycles. The number of benzene rings is 1. The van der Waals surface area contributed by atoms with Crippen molar-refractivity contribution in [1.82, 2.24) is 25.1 Å². The van der Waals surface area contributed by atoms with Crippen LogP contribution in [0.3, 0.4) is 0 Å². The molecule has 0 aliphatic carbocycles. The molecule has 23 heavy (non-hydrogen) atoms. The van der Waals surface area contributed by atoms with Crippen molar-refractivity contribution < 1.29 is 0 Å². The second kappa shape index (κ2) is 5.73. The molecule has 112 valence electrons. The number of anilines is 1. The van der Waals surface area contributed by atoms with Gasteiger partial charge in [0, 0.05) is 33.3 Å². The average molecular weight is 368 g/mol. The number of halogens is 1. The quantitative estimate of drug-likeness (QED) is 0.428. The molecule has 0 spiro atoms. The van der Waals surface area contributed by atoms with E-state index in [4.69, 9.17) is 0 Å². The molecule has 0 radical (unpaired) electrons. The van der Waals surface area contributed by atoms with Crippen molar-refractivity contribution in [3.63, 3.8) is 0 Å². The lowest BCUT2D eigenvalue weighted by molar-refractivity contribution is 1.01. The molecule has 2 N–H and O–H groups in total. The van der Waals surface area contributed by atoms with Crippen molar-refractivity contribution in [2.45, 2.75) is 0 Å². The number of rotatable bonds is 3. The smallest absolute Gasteiger partial charge is 0.265 e. The number of nitrogens with zero attached hydrogens (tertiary/aromatic N) is 5. The summed E-state index contributed by atoms with van der Waals surface area (Å²) in [6.07, 6.45) is 5.06. The lowest BCUT2D eigenvalue weighted by Crippen LogP contribution is -1.99. The van der Waals surface area contributed by atoms with E-state index in [2.05, 4.69) is 51.6 Å². The summed E-state index contributed by atoms with van der Waals surface area (Å²) in [6, 6.07) is 9.65. The van der Waals surface area contributed by atoms with Crippen LogP contribution in [-0.2, 0) is 0 Å². The Morgan fingerprint density at radius 3 is 3.04 bits per heavy atom. The molecule has 0 unspecified atom stereocenters. The summed E-state index contributed by atoms with van der Waals surface area (Å²) in [5, 5.41) is 13.3. The van der Waals surface area contributed by atoms with Crippen molar-refractivity contribution in [3.05, 3.63) is 52.8 Å². The van der Waals surface area contributed by atoms with E-state index >= 15 is 0 Å². The maximum Gasteiger partial charge on any atom is 0.265 e. The third-order valence-corrected chi connectivity index (χ3v) is 3.73. The maximum atomic E-state index is 4.39. The number of nitrogens with one attached hydrogen (secondary N) is 2. The number of hydrogen-bond acceptors (Lipinski definition) is 6. The summed E-state index contributed by atoms with van der Waals surface area (Å²) < 4.78 is 0.982. The zero-order valence-electron chi connectivity index (χ0n) is 11.7. The highest BCUT2D eigenvalue weighted by molar-refractivity contribution is 9.10. The summed E-state index contributed by atoms with van der Waals surface area (Å²) in [6.45, 7) is 0. The minimum atomic E-state index is 0.322. The molecule has 0 aliphatic heterocycles. The van der Waals surface area contributed by atoms with E-state index in [1.165, 1.54) is 0 Å². The minimum Gasteiger partial charge on any atom is -0.338 e. The molecule has 0 amide bonds. The number of hydrogen-bond donors (Lipinski definition) is 2. The Hall–Kier alpha value is -2.87. The first-order valence-corrected chi connectivity index (χ1v) is 7.60. The van der Waals surface area contributed by atoms with Gasteiger partial charge in [-0.05, 0) is 24.3 Å². The molecule has 0 bridgehead atoms. The highest BCUT2D eigenvalue weighted by Crippen LogP contribution is 2.25. The van der Waals surface area contributed by atoms with Crippen LogP contribution in [0.1, 0.15) is 5.56 Å². The van der Waals surface area contributed by atoms with Gasteiger partial charge >= 0.3 is 0 Å². The van der Waals surface area contributed by atoms with Gasteiger partial charge < -0.3 is 4.98 Å². The molecule has 1 aromatic carbocycles. The van der Waals surface area contributed by atoms with E-state index < -0.39 is 0 Å². The zero-order valence-corrected chi connectivity index (χ0v) is 13.3. The molecular weight excluding hydrogens is 358 g/mol. The number of H-pyrrole nitrogens is 1. The summed E-state index contributed by atoms with van der Waals surface area (Å²) in [7, 11) is 0. The molecule has 7 nitrogen and oxygen atoms in total. The summed E-state index contributed by atoms with van der Waals surface area (Å²) in [5.41, 5.74) is 5.99. The van der Waals surface area contributed by atoms with E-state index in [0.29, 0.717) is 11.6 Å². The van der Waals surface area contributed by atoms with Crippen LogP contribution in [-0.4, -0.2) is 31.4 Å². The van der Waals surface area contributed by atoms with Gasteiger partial charge in [-0.2, -0.15) is 10.1 Å².